The van der Waals surface area contributed by atoms with Crippen molar-refractivity contribution in [3.63, 3.8) is 0 Å². The minimum Gasteiger partial charge on any atom is -0.380 e. The molecule has 1 aliphatic rings. The van der Waals surface area contributed by atoms with Gasteiger partial charge in [-0.1, -0.05) is 11.6 Å². The predicted molar refractivity (Wildman–Crippen MR) is 50.8 cm³/mol. The molecule has 1 aromatic rings. The first-order chi connectivity index (χ1) is 5.75. The minimum absolute atomic E-state index is 0.422. The van der Waals surface area contributed by atoms with Crippen LogP contribution in [-0.4, -0.2) is 17.6 Å². The van der Waals surface area contributed by atoms with E-state index in [1.807, 2.05) is 6.07 Å². The fourth-order valence-corrected chi connectivity index (χ4v) is 1.39. The largest absolute Gasteiger partial charge is 0.380 e. The van der Waals surface area contributed by atoms with Crippen LogP contribution in [0.3, 0.4) is 0 Å². The van der Waals surface area contributed by atoms with E-state index < -0.39 is 0 Å². The normalized spacial score (nSPS) is 20.7. The summed E-state index contributed by atoms with van der Waals surface area (Å²) in [6.45, 7) is 3.02. The Labute approximate surface area is 76.1 Å². The lowest BCUT2D eigenvalue weighted by Gasteiger charge is -2.24. The van der Waals surface area contributed by atoms with Crippen molar-refractivity contribution < 1.29 is 0 Å². The molecule has 1 atom stereocenters. The van der Waals surface area contributed by atoms with Crippen molar-refractivity contribution in [2.75, 3.05) is 17.2 Å². The lowest BCUT2D eigenvalue weighted by atomic mass is 10.2. The van der Waals surface area contributed by atoms with Crippen molar-refractivity contribution in [2.45, 2.75) is 13.0 Å². The molecule has 0 saturated carbocycles. The molecule has 0 aliphatic carbocycles. The van der Waals surface area contributed by atoms with Crippen LogP contribution in [0.1, 0.15) is 6.92 Å². The third-order valence-corrected chi connectivity index (χ3v) is 2.04. The molecule has 1 aliphatic heterocycles. The lowest BCUT2D eigenvalue weighted by molar-refractivity contribution is 0.808. The van der Waals surface area contributed by atoms with Crippen molar-refractivity contribution in [1.82, 2.24) is 4.98 Å². The summed E-state index contributed by atoms with van der Waals surface area (Å²) in [6, 6.07) is 2.30. The monoisotopic (exact) mass is 183 g/mol. The van der Waals surface area contributed by atoms with E-state index in [-0.39, 0.29) is 0 Å². The number of aromatic nitrogens is 1. The molecule has 2 rings (SSSR count). The summed E-state index contributed by atoms with van der Waals surface area (Å²) >= 11 is 5.78. The van der Waals surface area contributed by atoms with Crippen LogP contribution in [-0.2, 0) is 0 Å². The van der Waals surface area contributed by atoms with Gasteiger partial charge in [0.05, 0.1) is 10.7 Å². The van der Waals surface area contributed by atoms with Crippen LogP contribution >= 0.6 is 11.6 Å². The SMILES string of the molecule is CC1CNc2cc(Cl)cnc2N1. The molecule has 0 bridgehead atoms. The van der Waals surface area contributed by atoms with E-state index in [9.17, 15) is 0 Å². The Morgan fingerprint density at radius 2 is 2.50 bits per heavy atom. The number of nitrogens with one attached hydrogen (secondary N) is 2. The second-order valence-electron chi connectivity index (χ2n) is 2.98. The fraction of sp³-hybridized carbons (Fsp3) is 0.375. The van der Waals surface area contributed by atoms with Gasteiger partial charge in [-0.05, 0) is 13.0 Å². The van der Waals surface area contributed by atoms with Gasteiger partial charge in [0.25, 0.3) is 0 Å². The smallest absolute Gasteiger partial charge is 0.149 e. The first kappa shape index (κ1) is 7.68. The zero-order chi connectivity index (χ0) is 8.55. The molecule has 3 nitrogen and oxygen atoms in total. The molecule has 0 radical (unpaired) electrons. The quantitative estimate of drug-likeness (QED) is 0.646. The Morgan fingerprint density at radius 3 is 3.33 bits per heavy atom. The third kappa shape index (κ3) is 1.32. The number of anilines is 2. The lowest BCUT2D eigenvalue weighted by Crippen LogP contribution is -2.30. The average Bonchev–Trinajstić information content (AvgIpc) is 2.05. The van der Waals surface area contributed by atoms with Crippen molar-refractivity contribution in [1.29, 1.82) is 0 Å². The fourth-order valence-electron chi connectivity index (χ4n) is 1.24. The average molecular weight is 184 g/mol. The van der Waals surface area contributed by atoms with Crippen LogP contribution in [0.25, 0.3) is 0 Å². The summed E-state index contributed by atoms with van der Waals surface area (Å²) in [5.74, 6) is 0.887. The Morgan fingerprint density at radius 1 is 1.67 bits per heavy atom. The molecule has 0 amide bonds. The van der Waals surface area contributed by atoms with Crippen molar-refractivity contribution in [3.05, 3.63) is 17.3 Å². The maximum Gasteiger partial charge on any atom is 0.149 e. The van der Waals surface area contributed by atoms with Gasteiger partial charge < -0.3 is 10.6 Å². The summed E-state index contributed by atoms with van der Waals surface area (Å²) in [6.07, 6.45) is 1.65. The second kappa shape index (κ2) is 2.83. The summed E-state index contributed by atoms with van der Waals surface area (Å²) in [5, 5.41) is 7.16. The van der Waals surface area contributed by atoms with Gasteiger partial charge in [-0.2, -0.15) is 0 Å². The van der Waals surface area contributed by atoms with Gasteiger partial charge in [-0.25, -0.2) is 4.98 Å². The number of fused-ring (bicyclic) bond motifs is 1. The van der Waals surface area contributed by atoms with Gasteiger partial charge in [0, 0.05) is 18.8 Å². The summed E-state index contributed by atoms with van der Waals surface area (Å²) in [7, 11) is 0. The molecule has 1 aromatic heterocycles. The topological polar surface area (TPSA) is 37.0 Å². The number of hydrogen-bond donors (Lipinski definition) is 2. The zero-order valence-corrected chi connectivity index (χ0v) is 7.52. The zero-order valence-electron chi connectivity index (χ0n) is 6.76. The molecule has 0 fully saturated rings. The maximum absolute atomic E-state index is 5.78. The molecule has 0 aromatic carbocycles. The molecule has 2 heterocycles. The van der Waals surface area contributed by atoms with Gasteiger partial charge in [0.1, 0.15) is 5.82 Å². The van der Waals surface area contributed by atoms with E-state index in [0.717, 1.165) is 18.1 Å². The van der Waals surface area contributed by atoms with Gasteiger partial charge in [-0.15, -0.1) is 0 Å². The summed E-state index contributed by atoms with van der Waals surface area (Å²) < 4.78 is 0. The van der Waals surface area contributed by atoms with Gasteiger partial charge >= 0.3 is 0 Å². The highest BCUT2D eigenvalue weighted by atomic mass is 35.5. The second-order valence-corrected chi connectivity index (χ2v) is 3.41. The summed E-state index contributed by atoms with van der Waals surface area (Å²) in [5.41, 5.74) is 0.987. The summed E-state index contributed by atoms with van der Waals surface area (Å²) in [4.78, 5) is 4.16. The molecule has 0 saturated heterocycles. The van der Waals surface area contributed by atoms with E-state index in [1.165, 1.54) is 0 Å². The Kier molecular flexibility index (Phi) is 1.81. The molecule has 64 valence electrons. The predicted octanol–water partition coefficient (Wildman–Crippen LogP) is 1.96. The van der Waals surface area contributed by atoms with Crippen LogP contribution in [0.5, 0.6) is 0 Å². The molecular formula is C8H10ClN3. The van der Waals surface area contributed by atoms with Gasteiger partial charge in [-0.3, -0.25) is 0 Å². The molecule has 0 spiro atoms. The number of rotatable bonds is 0. The Hall–Kier alpha value is -0.960. The van der Waals surface area contributed by atoms with E-state index in [1.54, 1.807) is 6.20 Å². The van der Waals surface area contributed by atoms with Crippen LogP contribution in [0, 0.1) is 0 Å². The van der Waals surface area contributed by atoms with E-state index in [0.29, 0.717) is 11.1 Å². The number of halogens is 1. The van der Waals surface area contributed by atoms with Gasteiger partial charge in [0.2, 0.25) is 0 Å². The maximum atomic E-state index is 5.78. The van der Waals surface area contributed by atoms with Crippen LogP contribution in [0.15, 0.2) is 12.3 Å². The Bertz CT molecular complexity index is 300. The first-order valence-corrected chi connectivity index (χ1v) is 4.29. The highest BCUT2D eigenvalue weighted by Crippen LogP contribution is 2.25. The van der Waals surface area contributed by atoms with E-state index in [4.69, 9.17) is 11.6 Å². The van der Waals surface area contributed by atoms with Gasteiger partial charge in [0.15, 0.2) is 0 Å². The van der Waals surface area contributed by atoms with Crippen LogP contribution in [0.2, 0.25) is 5.02 Å². The number of nitrogens with zero attached hydrogens (tertiary/aromatic N) is 1. The molecule has 12 heavy (non-hydrogen) atoms. The van der Waals surface area contributed by atoms with Crippen LogP contribution < -0.4 is 10.6 Å². The van der Waals surface area contributed by atoms with E-state index in [2.05, 4.69) is 22.5 Å². The van der Waals surface area contributed by atoms with Crippen molar-refractivity contribution in [3.8, 4) is 0 Å². The highest BCUT2D eigenvalue weighted by molar-refractivity contribution is 6.30. The Balaban J connectivity index is 2.37. The van der Waals surface area contributed by atoms with Crippen molar-refractivity contribution in [2.24, 2.45) is 0 Å². The molecular weight excluding hydrogens is 174 g/mol. The van der Waals surface area contributed by atoms with Crippen LogP contribution in [0.4, 0.5) is 11.5 Å². The minimum atomic E-state index is 0.422. The third-order valence-electron chi connectivity index (χ3n) is 1.84. The van der Waals surface area contributed by atoms with Crippen molar-refractivity contribution >= 4 is 23.1 Å². The first-order valence-electron chi connectivity index (χ1n) is 3.91. The standard InChI is InChI=1S/C8H10ClN3/c1-5-3-10-7-2-6(9)4-11-8(7)12-5/h2,4-5,10H,3H2,1H3,(H,11,12). The molecule has 1 unspecified atom stereocenters. The highest BCUT2D eigenvalue weighted by Gasteiger charge is 2.13. The molecule has 4 heteroatoms. The molecule has 2 N–H and O–H groups in total. The number of hydrogen-bond acceptors (Lipinski definition) is 3. The van der Waals surface area contributed by atoms with E-state index >= 15 is 0 Å². The number of pyridine rings is 1.